The predicted octanol–water partition coefficient (Wildman–Crippen LogP) is 4.97. The van der Waals surface area contributed by atoms with Crippen LogP contribution in [-0.2, 0) is 4.79 Å². The molecule has 116 valence electrons. The van der Waals surface area contributed by atoms with Gasteiger partial charge in [0.25, 0.3) is 0 Å². The summed E-state index contributed by atoms with van der Waals surface area (Å²) in [6.07, 6.45) is 3.15. The summed E-state index contributed by atoms with van der Waals surface area (Å²) in [5, 5.41) is 4.00. The van der Waals surface area contributed by atoms with Crippen LogP contribution in [0.2, 0.25) is 0 Å². The quantitative estimate of drug-likeness (QED) is 0.569. The molecular formula is C17H19BrN2OS. The van der Waals surface area contributed by atoms with Crippen LogP contribution < -0.4 is 5.32 Å². The van der Waals surface area contributed by atoms with Gasteiger partial charge in [0.05, 0.1) is 5.03 Å². The second-order valence-corrected chi connectivity index (χ2v) is 7.11. The number of carbonyl (C=O) groups is 1. The third-order valence-corrected chi connectivity index (χ3v) is 4.74. The molecule has 2 rings (SSSR count). The highest BCUT2D eigenvalue weighted by atomic mass is 79.9. The third kappa shape index (κ3) is 5.14. The fourth-order valence-corrected chi connectivity index (χ4v) is 3.09. The van der Waals surface area contributed by atoms with Gasteiger partial charge in [0, 0.05) is 22.8 Å². The number of nitrogens with zero attached hydrogens (tertiary/aromatic N) is 1. The van der Waals surface area contributed by atoms with Crippen LogP contribution in [0.1, 0.15) is 24.0 Å². The molecule has 2 aromatic rings. The van der Waals surface area contributed by atoms with Crippen LogP contribution in [0.15, 0.2) is 46.0 Å². The number of anilines is 1. The summed E-state index contributed by atoms with van der Waals surface area (Å²) in [4.78, 5) is 16.3. The molecule has 0 unspecified atom stereocenters. The Bertz CT molecular complexity index is 623. The minimum Gasteiger partial charge on any atom is -0.326 e. The average Bonchev–Trinajstić information content (AvgIpc) is 2.49. The molecule has 5 heteroatoms. The number of nitrogens with one attached hydrogen (secondary N) is 1. The number of hydrogen-bond acceptors (Lipinski definition) is 3. The van der Waals surface area contributed by atoms with E-state index in [-0.39, 0.29) is 5.91 Å². The van der Waals surface area contributed by atoms with E-state index in [0.29, 0.717) is 6.42 Å². The molecule has 0 spiro atoms. The molecule has 0 radical (unpaired) electrons. The molecule has 1 amide bonds. The first-order valence-corrected chi connectivity index (χ1v) is 8.94. The van der Waals surface area contributed by atoms with Gasteiger partial charge in [-0.1, -0.05) is 18.2 Å². The van der Waals surface area contributed by atoms with E-state index in [2.05, 4.69) is 26.2 Å². The number of hydrogen-bond donors (Lipinski definition) is 1. The summed E-state index contributed by atoms with van der Waals surface area (Å²) in [6, 6.07) is 9.98. The van der Waals surface area contributed by atoms with Gasteiger partial charge in [0.15, 0.2) is 0 Å². The van der Waals surface area contributed by atoms with Crippen LogP contribution in [0.5, 0.6) is 0 Å². The van der Waals surface area contributed by atoms with Crippen molar-refractivity contribution in [1.82, 2.24) is 4.98 Å². The van der Waals surface area contributed by atoms with Crippen molar-refractivity contribution in [2.75, 3.05) is 11.1 Å². The second kappa shape index (κ2) is 8.34. The Balaban J connectivity index is 1.75. The molecule has 0 saturated heterocycles. The number of aromatic nitrogens is 1. The zero-order valence-electron chi connectivity index (χ0n) is 12.7. The van der Waals surface area contributed by atoms with Gasteiger partial charge < -0.3 is 5.32 Å². The Morgan fingerprint density at radius 2 is 1.95 bits per heavy atom. The van der Waals surface area contributed by atoms with Crippen LogP contribution in [0, 0.1) is 13.8 Å². The highest BCUT2D eigenvalue weighted by Gasteiger charge is 2.07. The third-order valence-electron chi connectivity index (χ3n) is 3.24. The summed E-state index contributed by atoms with van der Waals surface area (Å²) >= 11 is 5.04. The van der Waals surface area contributed by atoms with Gasteiger partial charge in [-0.05, 0) is 65.2 Å². The Morgan fingerprint density at radius 1 is 1.23 bits per heavy atom. The smallest absolute Gasteiger partial charge is 0.224 e. The van der Waals surface area contributed by atoms with Crippen molar-refractivity contribution >= 4 is 39.3 Å². The van der Waals surface area contributed by atoms with E-state index >= 15 is 0 Å². The second-order valence-electron chi connectivity index (χ2n) is 5.08. The number of rotatable bonds is 6. The Kier molecular flexibility index (Phi) is 6.46. The van der Waals surface area contributed by atoms with Crippen molar-refractivity contribution < 1.29 is 4.79 Å². The average molecular weight is 379 g/mol. The standard InChI is InChI=1S/C17H19BrN2OS/c1-12-5-3-6-13(2)17(12)20-15(21)7-4-10-22-16-9-8-14(18)11-19-16/h3,5-6,8-9,11H,4,7,10H2,1-2H3,(H,20,21). The summed E-state index contributed by atoms with van der Waals surface area (Å²) in [7, 11) is 0. The normalized spacial score (nSPS) is 10.5. The van der Waals surface area contributed by atoms with Crippen LogP contribution in [0.3, 0.4) is 0 Å². The highest BCUT2D eigenvalue weighted by Crippen LogP contribution is 2.21. The molecule has 0 aliphatic heterocycles. The number of halogens is 1. The van der Waals surface area contributed by atoms with E-state index in [1.165, 1.54) is 0 Å². The molecule has 0 bridgehead atoms. The van der Waals surface area contributed by atoms with Gasteiger partial charge in [0.1, 0.15) is 0 Å². The molecule has 22 heavy (non-hydrogen) atoms. The number of thioether (sulfide) groups is 1. The molecule has 1 N–H and O–H groups in total. The van der Waals surface area contributed by atoms with Gasteiger partial charge in [0.2, 0.25) is 5.91 Å². The topological polar surface area (TPSA) is 42.0 Å². The maximum Gasteiger partial charge on any atom is 0.224 e. The molecule has 0 atom stereocenters. The number of pyridine rings is 1. The molecular weight excluding hydrogens is 360 g/mol. The monoisotopic (exact) mass is 378 g/mol. The minimum absolute atomic E-state index is 0.0711. The maximum absolute atomic E-state index is 12.0. The van der Waals surface area contributed by atoms with Crippen molar-refractivity contribution in [2.45, 2.75) is 31.7 Å². The van der Waals surface area contributed by atoms with Crippen LogP contribution in [0.4, 0.5) is 5.69 Å². The minimum atomic E-state index is 0.0711. The number of amides is 1. The zero-order chi connectivity index (χ0) is 15.9. The van der Waals surface area contributed by atoms with Crippen LogP contribution in [-0.4, -0.2) is 16.6 Å². The van der Waals surface area contributed by atoms with Crippen molar-refractivity contribution in [2.24, 2.45) is 0 Å². The first kappa shape index (κ1) is 17.0. The SMILES string of the molecule is Cc1cccc(C)c1NC(=O)CCCSc1ccc(Br)cn1. The molecule has 1 heterocycles. The lowest BCUT2D eigenvalue weighted by molar-refractivity contribution is -0.116. The number of para-hydroxylation sites is 1. The summed E-state index contributed by atoms with van der Waals surface area (Å²) < 4.78 is 0.977. The van der Waals surface area contributed by atoms with Gasteiger partial charge in [-0.2, -0.15) is 0 Å². The first-order valence-electron chi connectivity index (χ1n) is 7.16. The lowest BCUT2D eigenvalue weighted by Crippen LogP contribution is -2.13. The fourth-order valence-electron chi connectivity index (χ4n) is 2.07. The molecule has 0 aliphatic carbocycles. The Hall–Kier alpha value is -1.33. The number of benzene rings is 1. The van der Waals surface area contributed by atoms with Crippen LogP contribution in [0.25, 0.3) is 0 Å². The maximum atomic E-state index is 12.0. The zero-order valence-corrected chi connectivity index (χ0v) is 15.1. The number of carbonyl (C=O) groups excluding carboxylic acids is 1. The van der Waals surface area contributed by atoms with Gasteiger partial charge in [-0.3, -0.25) is 4.79 Å². The Morgan fingerprint density at radius 3 is 2.59 bits per heavy atom. The molecule has 0 fully saturated rings. The largest absolute Gasteiger partial charge is 0.326 e. The molecule has 1 aromatic carbocycles. The summed E-state index contributed by atoms with van der Waals surface area (Å²) in [5.41, 5.74) is 3.14. The van der Waals surface area contributed by atoms with Gasteiger partial charge >= 0.3 is 0 Å². The molecule has 0 saturated carbocycles. The molecule has 3 nitrogen and oxygen atoms in total. The summed E-state index contributed by atoms with van der Waals surface area (Å²) in [6.45, 7) is 4.02. The van der Waals surface area contributed by atoms with Crippen LogP contribution >= 0.6 is 27.7 Å². The van der Waals surface area contributed by atoms with E-state index < -0.39 is 0 Å². The first-order chi connectivity index (χ1) is 10.6. The van der Waals surface area contributed by atoms with Crippen molar-refractivity contribution in [3.8, 4) is 0 Å². The van der Waals surface area contributed by atoms with Crippen molar-refractivity contribution in [3.05, 3.63) is 52.1 Å². The number of aryl methyl sites for hydroxylation is 2. The van der Waals surface area contributed by atoms with E-state index in [0.717, 1.165) is 38.5 Å². The van der Waals surface area contributed by atoms with Gasteiger partial charge in [-0.25, -0.2) is 4.98 Å². The Labute approximate surface area is 144 Å². The van der Waals surface area contributed by atoms with Crippen molar-refractivity contribution in [3.63, 3.8) is 0 Å². The predicted molar refractivity (Wildman–Crippen MR) is 96.4 cm³/mol. The highest BCUT2D eigenvalue weighted by molar-refractivity contribution is 9.10. The lowest BCUT2D eigenvalue weighted by Gasteiger charge is -2.11. The van der Waals surface area contributed by atoms with Crippen molar-refractivity contribution in [1.29, 1.82) is 0 Å². The lowest BCUT2D eigenvalue weighted by atomic mass is 10.1. The molecule has 0 aliphatic rings. The van der Waals surface area contributed by atoms with E-state index in [4.69, 9.17) is 0 Å². The van der Waals surface area contributed by atoms with E-state index in [1.807, 2.05) is 44.2 Å². The molecule has 1 aromatic heterocycles. The fraction of sp³-hybridized carbons (Fsp3) is 0.294. The van der Waals surface area contributed by atoms with E-state index in [9.17, 15) is 4.79 Å². The summed E-state index contributed by atoms with van der Waals surface area (Å²) in [5.74, 6) is 0.955. The van der Waals surface area contributed by atoms with E-state index in [1.54, 1.807) is 18.0 Å². The van der Waals surface area contributed by atoms with Gasteiger partial charge in [-0.15, -0.1) is 11.8 Å².